The molecular weight excluding hydrogens is 851 g/mol. The summed E-state index contributed by atoms with van der Waals surface area (Å²) in [7, 11) is 0. The van der Waals surface area contributed by atoms with E-state index in [0.29, 0.717) is 0 Å². The molecule has 0 saturated heterocycles. The van der Waals surface area contributed by atoms with Crippen LogP contribution in [0.3, 0.4) is 0 Å². The third-order valence-electron chi connectivity index (χ3n) is 14.6. The number of anilines is 3. The molecule has 9 aromatic carbocycles. The second kappa shape index (κ2) is 16.7. The Morgan fingerprint density at radius 2 is 0.797 bits per heavy atom. The average Bonchev–Trinajstić information content (AvgIpc) is 3.64. The Kier molecular flexibility index (Phi) is 10.8. The molecule has 2 heteroatoms. The minimum Gasteiger partial charge on any atom is -0.308 e. The Hall–Kier alpha value is -6.87. The Morgan fingerprint density at radius 1 is 0.333 bits per heavy atom. The summed E-state index contributed by atoms with van der Waals surface area (Å²) >= 11 is 1.84. The lowest BCUT2D eigenvalue weighted by Gasteiger charge is -2.35. The first kappa shape index (κ1) is 44.6. The lowest BCUT2D eigenvalue weighted by molar-refractivity contribution is 0.569. The van der Waals surface area contributed by atoms with E-state index in [4.69, 9.17) is 0 Å². The maximum Gasteiger partial charge on any atom is 0.0714 e. The highest BCUT2D eigenvalue weighted by atomic mass is 32.2. The molecule has 0 N–H and O–H groups in total. The van der Waals surface area contributed by atoms with Crippen molar-refractivity contribution in [3.63, 3.8) is 0 Å². The molecule has 0 radical (unpaired) electrons. The zero-order valence-corrected chi connectivity index (χ0v) is 42.3. The van der Waals surface area contributed by atoms with E-state index in [1.807, 2.05) is 11.8 Å². The zero-order chi connectivity index (χ0) is 47.9. The van der Waals surface area contributed by atoms with Gasteiger partial charge in [0.25, 0.3) is 0 Å². The molecule has 0 atom stereocenters. The van der Waals surface area contributed by atoms with E-state index in [1.54, 1.807) is 0 Å². The predicted octanol–water partition coefficient (Wildman–Crippen LogP) is 18.9. The minimum absolute atomic E-state index is 0.0360. The molecule has 1 heterocycles. The zero-order valence-electron chi connectivity index (χ0n) is 41.5. The van der Waals surface area contributed by atoms with Crippen LogP contribution in [0.4, 0.5) is 17.1 Å². The van der Waals surface area contributed by atoms with Crippen LogP contribution in [0.5, 0.6) is 0 Å². The number of para-hydroxylation sites is 2. The van der Waals surface area contributed by atoms with E-state index < -0.39 is 5.41 Å². The monoisotopic (exact) mass is 911 g/mol. The van der Waals surface area contributed by atoms with Crippen molar-refractivity contribution in [2.24, 2.45) is 0 Å². The van der Waals surface area contributed by atoms with Crippen LogP contribution in [0.1, 0.15) is 101 Å². The van der Waals surface area contributed by atoms with Gasteiger partial charge in [-0.25, -0.2) is 0 Å². The third kappa shape index (κ3) is 7.74. The van der Waals surface area contributed by atoms with E-state index in [1.165, 1.54) is 105 Å². The quantitative estimate of drug-likeness (QED) is 0.164. The Morgan fingerprint density at radius 3 is 1.33 bits per heavy atom. The first-order valence-electron chi connectivity index (χ1n) is 24.6. The highest BCUT2D eigenvalue weighted by molar-refractivity contribution is 7.99. The standard InChI is InChI=1S/C67H61NS/c1-64(2,3)48-33-28-45(29-34-48)55-42-57-54-37-32-46(44-30-35-53(36-31-44)68-60-24-16-18-26-62(60)69-63-27-19-17-25-61(63)68)40-58(54)67(49-20-12-10-13-21-49,50-22-14-11-15-23-50)59(57)43-56(55)47-38-51(65(4,5)6)41-52(39-47)66(7,8)9/h10-43H,1-9H3. The number of hydrogen-bond acceptors (Lipinski definition) is 2. The van der Waals surface area contributed by atoms with Crippen LogP contribution in [0, 0.1) is 0 Å². The summed E-state index contributed by atoms with van der Waals surface area (Å²) in [6.45, 7) is 21.0. The maximum atomic E-state index is 2.58. The van der Waals surface area contributed by atoms with E-state index >= 15 is 0 Å². The topological polar surface area (TPSA) is 3.24 Å². The Balaban J connectivity index is 1.15. The molecule has 0 bridgehead atoms. The van der Waals surface area contributed by atoms with Crippen LogP contribution in [0.15, 0.2) is 216 Å². The molecular formula is C67H61NS. The van der Waals surface area contributed by atoms with Gasteiger partial charge in [-0.1, -0.05) is 226 Å². The molecule has 0 unspecified atom stereocenters. The molecule has 1 aliphatic heterocycles. The molecule has 1 aliphatic carbocycles. The van der Waals surface area contributed by atoms with Crippen LogP contribution >= 0.6 is 11.8 Å². The van der Waals surface area contributed by atoms with E-state index in [0.717, 1.165) is 5.69 Å². The molecule has 0 aromatic heterocycles. The van der Waals surface area contributed by atoms with E-state index in [2.05, 4.69) is 273 Å². The van der Waals surface area contributed by atoms with Crippen molar-refractivity contribution in [3.8, 4) is 44.5 Å². The van der Waals surface area contributed by atoms with Crippen molar-refractivity contribution in [1.29, 1.82) is 0 Å². The molecule has 0 fully saturated rings. The molecule has 9 aromatic rings. The molecule has 69 heavy (non-hydrogen) atoms. The summed E-state index contributed by atoms with van der Waals surface area (Å²) in [5, 5.41) is 0. The first-order valence-corrected chi connectivity index (χ1v) is 25.4. The number of rotatable bonds is 6. The Labute approximate surface area is 415 Å². The van der Waals surface area contributed by atoms with Crippen molar-refractivity contribution in [1.82, 2.24) is 0 Å². The normalized spacial score (nSPS) is 13.9. The fraction of sp³-hybridized carbons (Fsp3) is 0.194. The van der Waals surface area contributed by atoms with Crippen LogP contribution in [0.25, 0.3) is 44.5 Å². The molecule has 2 aliphatic rings. The molecule has 0 saturated carbocycles. The molecule has 340 valence electrons. The number of fused-ring (bicyclic) bond motifs is 5. The van der Waals surface area contributed by atoms with Gasteiger partial charge in [-0.15, -0.1) is 0 Å². The molecule has 1 nitrogen and oxygen atoms in total. The van der Waals surface area contributed by atoms with Gasteiger partial charge in [-0.2, -0.15) is 0 Å². The number of benzene rings is 9. The average molecular weight is 912 g/mol. The van der Waals surface area contributed by atoms with Crippen molar-refractivity contribution in [3.05, 3.63) is 245 Å². The highest BCUT2D eigenvalue weighted by Gasteiger charge is 2.47. The van der Waals surface area contributed by atoms with Gasteiger partial charge in [-0.3, -0.25) is 0 Å². The molecule has 0 amide bonds. The number of nitrogens with zero attached hydrogens (tertiary/aromatic N) is 1. The summed E-state index contributed by atoms with van der Waals surface area (Å²) in [5.41, 5.74) is 22.1. The highest BCUT2D eigenvalue weighted by Crippen LogP contribution is 2.59. The van der Waals surface area contributed by atoms with E-state index in [9.17, 15) is 0 Å². The summed E-state index contributed by atoms with van der Waals surface area (Å²) < 4.78 is 0. The van der Waals surface area contributed by atoms with Gasteiger partial charge in [0, 0.05) is 15.5 Å². The van der Waals surface area contributed by atoms with Crippen molar-refractivity contribution in [2.75, 3.05) is 4.90 Å². The van der Waals surface area contributed by atoms with E-state index in [-0.39, 0.29) is 16.2 Å². The van der Waals surface area contributed by atoms with Crippen molar-refractivity contribution in [2.45, 2.75) is 93.8 Å². The lowest BCUT2D eigenvalue weighted by Crippen LogP contribution is -2.28. The minimum atomic E-state index is -0.597. The predicted molar refractivity (Wildman–Crippen MR) is 295 cm³/mol. The fourth-order valence-electron chi connectivity index (χ4n) is 10.8. The van der Waals surface area contributed by atoms with Gasteiger partial charge in [0.05, 0.1) is 16.8 Å². The van der Waals surface area contributed by atoms with Crippen molar-refractivity contribution < 1.29 is 0 Å². The second-order valence-corrected chi connectivity index (χ2v) is 23.3. The fourth-order valence-corrected chi connectivity index (χ4v) is 11.8. The van der Waals surface area contributed by atoms with Gasteiger partial charge < -0.3 is 4.90 Å². The van der Waals surface area contributed by atoms with Crippen LogP contribution < -0.4 is 4.90 Å². The molecule has 0 spiro atoms. The largest absolute Gasteiger partial charge is 0.308 e. The SMILES string of the molecule is CC(C)(C)c1ccc(-c2cc3c(cc2-c2cc(C(C)(C)C)cc(C(C)(C)C)c2)C(c2ccccc2)(c2ccccc2)c2cc(-c4ccc(N5c6ccccc6Sc6ccccc65)cc4)ccc2-3)cc1. The van der Waals surface area contributed by atoms with Gasteiger partial charge in [0.1, 0.15) is 0 Å². The summed E-state index contributed by atoms with van der Waals surface area (Å²) in [6.07, 6.45) is 0. The first-order chi connectivity index (χ1) is 33.1. The third-order valence-corrected chi connectivity index (χ3v) is 15.7. The van der Waals surface area contributed by atoms with Crippen LogP contribution in [-0.4, -0.2) is 0 Å². The smallest absolute Gasteiger partial charge is 0.0714 e. The second-order valence-electron chi connectivity index (χ2n) is 22.2. The van der Waals surface area contributed by atoms with Crippen LogP contribution in [-0.2, 0) is 21.7 Å². The van der Waals surface area contributed by atoms with Gasteiger partial charge in [0.2, 0.25) is 0 Å². The van der Waals surface area contributed by atoms with Gasteiger partial charge >= 0.3 is 0 Å². The number of hydrogen-bond donors (Lipinski definition) is 0. The summed E-state index contributed by atoms with van der Waals surface area (Å²) in [5.74, 6) is 0. The lowest BCUT2D eigenvalue weighted by atomic mass is 9.67. The Bertz CT molecular complexity index is 3260. The maximum absolute atomic E-state index is 2.58. The summed E-state index contributed by atoms with van der Waals surface area (Å²) in [6, 6.07) is 78.4. The summed E-state index contributed by atoms with van der Waals surface area (Å²) in [4.78, 5) is 4.94. The van der Waals surface area contributed by atoms with Crippen molar-refractivity contribution >= 4 is 28.8 Å². The van der Waals surface area contributed by atoms with Crippen LogP contribution in [0.2, 0.25) is 0 Å². The van der Waals surface area contributed by atoms with Gasteiger partial charge in [0.15, 0.2) is 0 Å². The molecule has 11 rings (SSSR count). The van der Waals surface area contributed by atoms with Gasteiger partial charge in [-0.05, 0) is 154 Å².